The quantitative estimate of drug-likeness (QED) is 0.381. The van der Waals surface area contributed by atoms with Gasteiger partial charge in [-0.1, -0.05) is 66.4 Å². The third-order valence-corrected chi connectivity index (χ3v) is 8.16. The Bertz CT molecular complexity index is 1020. The maximum absolute atomic E-state index is 4.61. The Kier molecular flexibility index (Phi) is 6.66. The topological polar surface area (TPSA) is 12.0 Å². The van der Waals surface area contributed by atoms with Gasteiger partial charge in [-0.2, -0.15) is 0 Å². The number of benzene rings is 3. The Morgan fingerprint density at radius 1 is 0.889 bits per heavy atom. The monoisotopic (exact) mass is 358 g/mol. The molecule has 0 aliphatic heterocycles. The molecule has 0 aromatic heterocycles. The summed E-state index contributed by atoms with van der Waals surface area (Å²) in [6.07, 6.45) is 3.46. The summed E-state index contributed by atoms with van der Waals surface area (Å²) in [5.41, 5.74) is 2.93. The van der Waals surface area contributed by atoms with Gasteiger partial charge in [0, 0.05) is 5.54 Å². The van der Waals surface area contributed by atoms with Crippen LogP contribution in [0, 0.1) is 6.55 Å². The molecule has 0 amide bonds. The third-order valence-electron chi connectivity index (χ3n) is 5.12. The minimum Gasteiger partial charge on any atom is -0.355 e. The molecule has 0 spiro atoms. The standard InChI is InChI=1S/C23H26NSi.2Li/c1-23(2,3)24-25(4,5)18-14-17-11-13-20-19-9-7-6-8-16(19)10-12-21(20)22(17)15-18;;/h6-13,15,24H,4,14H2,1-3,5H3;;/q-1;2*+1. The maximum Gasteiger partial charge on any atom is 1.00 e. The molecule has 3 aromatic carbocycles. The van der Waals surface area contributed by atoms with Crippen molar-refractivity contribution >= 4 is 35.9 Å². The van der Waals surface area contributed by atoms with Gasteiger partial charge in [0.25, 0.3) is 0 Å². The summed E-state index contributed by atoms with van der Waals surface area (Å²) in [4.78, 5) is 3.81. The molecule has 0 fully saturated rings. The summed E-state index contributed by atoms with van der Waals surface area (Å²) in [6.45, 7) is 13.6. The van der Waals surface area contributed by atoms with Crippen molar-refractivity contribution in [3.63, 3.8) is 0 Å². The van der Waals surface area contributed by atoms with E-state index in [2.05, 4.69) is 93.5 Å². The molecule has 1 N–H and O–H groups in total. The van der Waals surface area contributed by atoms with Gasteiger partial charge in [-0.15, -0.1) is 0 Å². The summed E-state index contributed by atoms with van der Waals surface area (Å²) < 4.78 is 0. The van der Waals surface area contributed by atoms with E-state index in [0.717, 1.165) is 6.42 Å². The summed E-state index contributed by atoms with van der Waals surface area (Å²) in [5, 5.41) is 6.87. The molecule has 1 aliphatic carbocycles. The van der Waals surface area contributed by atoms with Gasteiger partial charge in [-0.25, -0.2) is 0 Å². The molecule has 0 heterocycles. The van der Waals surface area contributed by atoms with Gasteiger partial charge < -0.3 is 11.5 Å². The Labute approximate surface area is 188 Å². The van der Waals surface area contributed by atoms with E-state index in [1.165, 1.54) is 37.9 Å². The normalized spacial score (nSPS) is 15.5. The molecule has 0 saturated carbocycles. The van der Waals surface area contributed by atoms with E-state index < -0.39 is 8.24 Å². The zero-order valence-electron chi connectivity index (χ0n) is 17.6. The molecule has 4 rings (SSSR count). The fourth-order valence-electron chi connectivity index (χ4n) is 4.17. The number of allylic oxidation sites excluding steroid dienone is 1. The number of fused-ring (bicyclic) bond motifs is 5. The maximum atomic E-state index is 4.61. The van der Waals surface area contributed by atoms with Gasteiger partial charge in [-0.05, 0) is 68.1 Å². The van der Waals surface area contributed by atoms with Crippen LogP contribution in [0.3, 0.4) is 0 Å². The summed E-state index contributed by atoms with van der Waals surface area (Å²) >= 11 is 0. The van der Waals surface area contributed by atoms with Gasteiger partial charge in [0.2, 0.25) is 0 Å². The van der Waals surface area contributed by atoms with E-state index >= 15 is 0 Å². The minimum atomic E-state index is -1.88. The fraction of sp³-hybridized carbons (Fsp3) is 0.261. The second-order valence-corrected chi connectivity index (χ2v) is 12.1. The first kappa shape index (κ1) is 22.6. The van der Waals surface area contributed by atoms with E-state index in [1.54, 1.807) is 0 Å². The van der Waals surface area contributed by atoms with E-state index in [1.807, 2.05) is 0 Å². The van der Waals surface area contributed by atoms with Crippen LogP contribution in [0.4, 0.5) is 0 Å². The first-order valence-electron chi connectivity index (χ1n) is 9.04. The van der Waals surface area contributed by atoms with Crippen molar-refractivity contribution in [2.24, 2.45) is 0 Å². The average molecular weight is 358 g/mol. The van der Waals surface area contributed by atoms with Crippen LogP contribution in [0.2, 0.25) is 6.55 Å². The minimum absolute atomic E-state index is 0. The molecule has 3 aromatic rings. The molecule has 128 valence electrons. The Hall–Kier alpha value is -0.708. The Balaban J connectivity index is 0.00000131. The van der Waals surface area contributed by atoms with Crippen molar-refractivity contribution in [2.45, 2.75) is 39.3 Å². The average Bonchev–Trinajstić information content (AvgIpc) is 2.97. The number of rotatable bonds is 2. The number of hydrogen-bond acceptors (Lipinski definition) is 1. The van der Waals surface area contributed by atoms with E-state index in [-0.39, 0.29) is 43.3 Å². The number of nitrogens with one attached hydrogen (secondary N) is 1. The molecule has 0 saturated heterocycles. The van der Waals surface area contributed by atoms with Crippen LogP contribution >= 0.6 is 0 Å². The van der Waals surface area contributed by atoms with Gasteiger partial charge in [0.1, 0.15) is 0 Å². The molecule has 0 bridgehead atoms. The van der Waals surface area contributed by atoms with Crippen LogP contribution in [-0.4, -0.2) is 13.8 Å². The molecule has 1 aliphatic rings. The molecule has 1 nitrogen and oxygen atoms in total. The summed E-state index contributed by atoms with van der Waals surface area (Å²) in [6, 6.07) is 17.8. The second-order valence-electron chi connectivity index (χ2n) is 8.57. The van der Waals surface area contributed by atoms with Crippen molar-refractivity contribution in [1.82, 2.24) is 4.98 Å². The summed E-state index contributed by atoms with van der Waals surface area (Å²) in [5.74, 6) is 0. The van der Waals surface area contributed by atoms with Gasteiger partial charge in [0.15, 0.2) is 0 Å². The SMILES string of the molecule is [CH2-][Si](C)(NC(C)(C)C)C1=Cc2c(ccc3c2ccc2ccccc23)C1.[Li+].[Li+]. The van der Waals surface area contributed by atoms with Crippen molar-refractivity contribution in [3.8, 4) is 0 Å². The largest absolute Gasteiger partial charge is 1.00 e. The van der Waals surface area contributed by atoms with Crippen LogP contribution in [0.5, 0.6) is 0 Å². The van der Waals surface area contributed by atoms with Crippen LogP contribution in [0.1, 0.15) is 31.9 Å². The third kappa shape index (κ3) is 4.33. The van der Waals surface area contributed by atoms with Gasteiger partial charge in [0.05, 0.1) is 0 Å². The molecular formula is C23H26Li2NSi+. The zero-order valence-corrected chi connectivity index (χ0v) is 18.6. The van der Waals surface area contributed by atoms with E-state index in [9.17, 15) is 0 Å². The molecule has 27 heavy (non-hydrogen) atoms. The Morgan fingerprint density at radius 3 is 2.26 bits per heavy atom. The first-order chi connectivity index (χ1) is 11.7. The zero-order chi connectivity index (χ0) is 17.8. The van der Waals surface area contributed by atoms with Crippen LogP contribution in [0.25, 0.3) is 27.6 Å². The van der Waals surface area contributed by atoms with E-state index in [0.29, 0.717) is 0 Å². The smallest absolute Gasteiger partial charge is 0.355 e. The summed E-state index contributed by atoms with van der Waals surface area (Å²) in [7, 11) is -1.88. The van der Waals surface area contributed by atoms with Gasteiger partial charge in [-0.3, -0.25) is 0 Å². The van der Waals surface area contributed by atoms with Crippen LogP contribution in [-0.2, 0) is 6.42 Å². The Morgan fingerprint density at radius 2 is 1.56 bits per heavy atom. The molecule has 1 atom stereocenters. The molecule has 4 heteroatoms. The predicted octanol–water partition coefficient (Wildman–Crippen LogP) is -0.184. The predicted molar refractivity (Wildman–Crippen MR) is 113 cm³/mol. The van der Waals surface area contributed by atoms with Crippen molar-refractivity contribution in [1.29, 1.82) is 0 Å². The molecule has 0 radical (unpaired) electrons. The first-order valence-corrected chi connectivity index (χ1v) is 11.7. The van der Waals surface area contributed by atoms with Crippen molar-refractivity contribution < 1.29 is 37.7 Å². The van der Waals surface area contributed by atoms with Crippen molar-refractivity contribution in [2.75, 3.05) is 0 Å². The van der Waals surface area contributed by atoms with Gasteiger partial charge >= 0.3 is 37.7 Å². The van der Waals surface area contributed by atoms with Crippen molar-refractivity contribution in [3.05, 3.63) is 71.4 Å². The molecular weight excluding hydrogens is 332 g/mol. The van der Waals surface area contributed by atoms with E-state index in [4.69, 9.17) is 0 Å². The second kappa shape index (κ2) is 7.96. The molecule has 1 unspecified atom stereocenters. The fourth-order valence-corrected chi connectivity index (χ4v) is 7.03. The van der Waals surface area contributed by atoms with Crippen LogP contribution in [0.15, 0.2) is 53.7 Å². The van der Waals surface area contributed by atoms with Crippen LogP contribution < -0.4 is 42.7 Å². The number of hydrogen-bond donors (Lipinski definition) is 1.